The predicted octanol–water partition coefficient (Wildman–Crippen LogP) is 2.74. The van der Waals surface area contributed by atoms with E-state index in [0.29, 0.717) is 6.54 Å². The van der Waals surface area contributed by atoms with Gasteiger partial charge in [0.05, 0.1) is 6.54 Å². The highest BCUT2D eigenvalue weighted by molar-refractivity contribution is 5.72. The highest BCUT2D eigenvalue weighted by atomic mass is 16.6. The first-order valence-electron chi connectivity index (χ1n) is 6.24. The molecule has 0 unspecified atom stereocenters. The summed E-state index contributed by atoms with van der Waals surface area (Å²) in [7, 11) is 0. The topological polar surface area (TPSA) is 38.3 Å². The number of carbonyl (C=O) groups excluding carboxylic acids is 1. The lowest BCUT2D eigenvalue weighted by molar-refractivity contribution is -0.153. The first kappa shape index (κ1) is 15.4. The van der Waals surface area contributed by atoms with Crippen molar-refractivity contribution >= 4 is 5.97 Å². The van der Waals surface area contributed by atoms with Gasteiger partial charge in [-0.25, -0.2) is 0 Å². The van der Waals surface area contributed by atoms with Gasteiger partial charge < -0.3 is 10.1 Å². The fraction of sp³-hybridized carbons (Fsp3) is 0.923. The maximum atomic E-state index is 11.3. The zero-order valence-electron chi connectivity index (χ0n) is 11.4. The summed E-state index contributed by atoms with van der Waals surface area (Å²) in [6.07, 6.45) is 3.61. The van der Waals surface area contributed by atoms with Gasteiger partial charge in [-0.05, 0) is 39.7 Å². The van der Waals surface area contributed by atoms with Gasteiger partial charge in [0.25, 0.3) is 0 Å². The van der Waals surface area contributed by atoms with E-state index in [1.165, 1.54) is 12.8 Å². The number of nitrogens with one attached hydrogen (secondary N) is 1. The molecule has 1 N–H and O–H groups in total. The Balaban J connectivity index is 3.35. The Kier molecular flexibility index (Phi) is 7.39. The third kappa shape index (κ3) is 11.5. The number of ether oxygens (including phenoxy) is 1. The average Bonchev–Trinajstić information content (AvgIpc) is 2.07. The van der Waals surface area contributed by atoms with E-state index in [1.54, 1.807) is 0 Å². The molecule has 0 saturated heterocycles. The van der Waals surface area contributed by atoms with Crippen LogP contribution in [0.2, 0.25) is 0 Å². The largest absolute Gasteiger partial charge is 0.459 e. The van der Waals surface area contributed by atoms with Crippen molar-refractivity contribution in [1.82, 2.24) is 5.32 Å². The molecule has 0 aromatic rings. The van der Waals surface area contributed by atoms with Crippen LogP contribution in [0.5, 0.6) is 0 Å². The number of unbranched alkanes of at least 4 members (excludes halogenated alkanes) is 1. The quantitative estimate of drug-likeness (QED) is 0.539. The molecular weight excluding hydrogens is 202 g/mol. The molecule has 16 heavy (non-hydrogen) atoms. The summed E-state index contributed by atoms with van der Waals surface area (Å²) in [5, 5.41) is 3.11. The Hall–Kier alpha value is -0.570. The van der Waals surface area contributed by atoms with Crippen LogP contribution in [0.1, 0.15) is 53.9 Å². The Labute approximate surface area is 99.9 Å². The van der Waals surface area contributed by atoms with Gasteiger partial charge in [-0.3, -0.25) is 4.79 Å². The third-order valence-electron chi connectivity index (χ3n) is 2.07. The van der Waals surface area contributed by atoms with Crippen molar-refractivity contribution in [3.05, 3.63) is 0 Å². The maximum Gasteiger partial charge on any atom is 0.320 e. The van der Waals surface area contributed by atoms with Gasteiger partial charge in [0.1, 0.15) is 5.60 Å². The molecular formula is C13H27NO2. The van der Waals surface area contributed by atoms with Gasteiger partial charge >= 0.3 is 5.97 Å². The van der Waals surface area contributed by atoms with Crippen molar-refractivity contribution in [1.29, 1.82) is 0 Å². The molecule has 0 aromatic carbocycles. The van der Waals surface area contributed by atoms with Crippen LogP contribution in [0.4, 0.5) is 0 Å². The first-order chi connectivity index (χ1) is 7.31. The van der Waals surface area contributed by atoms with Crippen LogP contribution in [0.25, 0.3) is 0 Å². The molecule has 0 aliphatic rings. The van der Waals surface area contributed by atoms with Crippen LogP contribution >= 0.6 is 0 Å². The summed E-state index contributed by atoms with van der Waals surface area (Å²) in [5.74, 6) is 0.599. The smallest absolute Gasteiger partial charge is 0.320 e. The van der Waals surface area contributed by atoms with Gasteiger partial charge in [-0.15, -0.1) is 0 Å². The molecule has 0 bridgehead atoms. The van der Waals surface area contributed by atoms with E-state index in [1.807, 2.05) is 20.8 Å². The first-order valence-corrected chi connectivity index (χ1v) is 6.24. The molecule has 0 fully saturated rings. The van der Waals surface area contributed by atoms with Crippen LogP contribution in [0.3, 0.4) is 0 Å². The second kappa shape index (κ2) is 7.66. The molecule has 0 atom stereocenters. The summed E-state index contributed by atoms with van der Waals surface area (Å²) in [5.41, 5.74) is -0.379. The van der Waals surface area contributed by atoms with Crippen LogP contribution in [-0.4, -0.2) is 24.7 Å². The van der Waals surface area contributed by atoms with Crippen molar-refractivity contribution in [2.75, 3.05) is 13.1 Å². The highest BCUT2D eigenvalue weighted by Gasteiger charge is 2.15. The second-order valence-corrected chi connectivity index (χ2v) is 5.65. The molecule has 0 aliphatic heterocycles. The maximum absolute atomic E-state index is 11.3. The van der Waals surface area contributed by atoms with Crippen molar-refractivity contribution in [3.8, 4) is 0 Å². The minimum Gasteiger partial charge on any atom is -0.459 e. The molecule has 0 saturated carbocycles. The average molecular weight is 229 g/mol. The zero-order chi connectivity index (χ0) is 12.6. The SMILES string of the molecule is CC(C)CCCCNCC(=O)OC(C)(C)C. The van der Waals surface area contributed by atoms with E-state index < -0.39 is 0 Å². The molecule has 96 valence electrons. The number of rotatable bonds is 7. The van der Waals surface area contributed by atoms with E-state index in [4.69, 9.17) is 4.74 Å². The van der Waals surface area contributed by atoms with E-state index in [9.17, 15) is 4.79 Å². The van der Waals surface area contributed by atoms with Crippen molar-refractivity contribution in [3.63, 3.8) is 0 Å². The Morgan fingerprint density at radius 2 is 1.88 bits per heavy atom. The normalized spacial score (nSPS) is 11.9. The summed E-state index contributed by atoms with van der Waals surface area (Å²) < 4.78 is 5.18. The Bertz CT molecular complexity index is 195. The van der Waals surface area contributed by atoms with Gasteiger partial charge in [0.15, 0.2) is 0 Å². The van der Waals surface area contributed by atoms with Crippen LogP contribution in [-0.2, 0) is 9.53 Å². The summed E-state index contributed by atoms with van der Waals surface area (Å²) in [6, 6.07) is 0. The molecule has 0 spiro atoms. The van der Waals surface area contributed by atoms with Crippen LogP contribution in [0.15, 0.2) is 0 Å². The van der Waals surface area contributed by atoms with E-state index in [-0.39, 0.29) is 11.6 Å². The molecule has 0 radical (unpaired) electrons. The summed E-state index contributed by atoms with van der Waals surface area (Å²) >= 11 is 0. The lowest BCUT2D eigenvalue weighted by Gasteiger charge is -2.19. The third-order valence-corrected chi connectivity index (χ3v) is 2.07. The number of esters is 1. The van der Waals surface area contributed by atoms with Crippen molar-refractivity contribution in [2.24, 2.45) is 5.92 Å². The minimum atomic E-state index is -0.379. The molecule has 0 aliphatic carbocycles. The second-order valence-electron chi connectivity index (χ2n) is 5.65. The molecule has 0 aromatic heterocycles. The summed E-state index contributed by atoms with van der Waals surface area (Å²) in [6.45, 7) is 11.3. The Morgan fingerprint density at radius 1 is 1.25 bits per heavy atom. The summed E-state index contributed by atoms with van der Waals surface area (Å²) in [4.78, 5) is 11.3. The number of hydrogen-bond acceptors (Lipinski definition) is 3. The zero-order valence-corrected chi connectivity index (χ0v) is 11.4. The highest BCUT2D eigenvalue weighted by Crippen LogP contribution is 2.06. The van der Waals surface area contributed by atoms with Crippen LogP contribution in [0, 0.1) is 5.92 Å². The molecule has 0 amide bonds. The lowest BCUT2D eigenvalue weighted by atomic mass is 10.1. The van der Waals surface area contributed by atoms with E-state index >= 15 is 0 Å². The van der Waals surface area contributed by atoms with E-state index in [2.05, 4.69) is 19.2 Å². The Morgan fingerprint density at radius 3 is 2.38 bits per heavy atom. The molecule has 0 rings (SSSR count). The monoisotopic (exact) mass is 229 g/mol. The van der Waals surface area contributed by atoms with E-state index in [0.717, 1.165) is 18.9 Å². The van der Waals surface area contributed by atoms with Gasteiger partial charge in [0, 0.05) is 0 Å². The molecule has 3 heteroatoms. The van der Waals surface area contributed by atoms with Crippen LogP contribution < -0.4 is 5.32 Å². The fourth-order valence-corrected chi connectivity index (χ4v) is 1.37. The van der Waals surface area contributed by atoms with Gasteiger partial charge in [0.2, 0.25) is 0 Å². The minimum absolute atomic E-state index is 0.170. The predicted molar refractivity (Wildman–Crippen MR) is 67.4 cm³/mol. The molecule has 0 heterocycles. The lowest BCUT2D eigenvalue weighted by Crippen LogP contribution is -2.31. The number of hydrogen-bond donors (Lipinski definition) is 1. The van der Waals surface area contributed by atoms with Gasteiger partial charge in [-0.2, -0.15) is 0 Å². The molecule has 3 nitrogen and oxygen atoms in total. The van der Waals surface area contributed by atoms with Gasteiger partial charge in [-0.1, -0.05) is 26.7 Å². The standard InChI is InChI=1S/C13H27NO2/c1-11(2)8-6-7-9-14-10-12(15)16-13(3,4)5/h11,14H,6-10H2,1-5H3. The fourth-order valence-electron chi connectivity index (χ4n) is 1.37. The van der Waals surface area contributed by atoms with Crippen molar-refractivity contribution < 1.29 is 9.53 Å². The number of carbonyl (C=O) groups is 1. The van der Waals surface area contributed by atoms with Crippen molar-refractivity contribution in [2.45, 2.75) is 59.5 Å².